The molecule has 0 aromatic carbocycles. The van der Waals surface area contributed by atoms with Crippen molar-refractivity contribution in [2.45, 2.75) is 40.8 Å². The lowest BCUT2D eigenvalue weighted by Crippen LogP contribution is -2.10. The molecule has 4 nitrogen and oxygen atoms in total. The van der Waals surface area contributed by atoms with E-state index in [9.17, 15) is 0 Å². The lowest BCUT2D eigenvalue weighted by atomic mass is 10.2. The van der Waals surface area contributed by atoms with E-state index in [0.717, 1.165) is 29.0 Å². The van der Waals surface area contributed by atoms with Crippen LogP contribution in [0.5, 0.6) is 0 Å². The molecule has 0 unspecified atom stereocenters. The number of hydrogen-bond donors (Lipinski definition) is 0. The van der Waals surface area contributed by atoms with Crippen LogP contribution in [-0.4, -0.2) is 29.6 Å². The first-order chi connectivity index (χ1) is 8.56. The van der Waals surface area contributed by atoms with E-state index in [1.807, 2.05) is 11.6 Å². The van der Waals surface area contributed by atoms with Crippen molar-refractivity contribution in [1.29, 1.82) is 0 Å². The van der Waals surface area contributed by atoms with Crippen LogP contribution >= 0.6 is 15.9 Å². The Morgan fingerprint density at radius 2 is 1.94 bits per heavy atom. The second kappa shape index (κ2) is 7.92. The molecule has 0 spiro atoms. The molecule has 0 amide bonds. The van der Waals surface area contributed by atoms with Gasteiger partial charge in [0, 0.05) is 13.2 Å². The molecule has 0 N–H and O–H groups in total. The fourth-order valence-electron chi connectivity index (χ4n) is 1.61. The van der Waals surface area contributed by atoms with Crippen LogP contribution in [0.4, 0.5) is 0 Å². The van der Waals surface area contributed by atoms with Gasteiger partial charge in [0.1, 0.15) is 0 Å². The van der Waals surface area contributed by atoms with Crippen molar-refractivity contribution in [1.82, 2.24) is 9.78 Å². The van der Waals surface area contributed by atoms with E-state index in [1.165, 1.54) is 0 Å². The SMILES string of the molecule is CCn1nc(C)c(Br)c1COCCOCC(C)C. The van der Waals surface area contributed by atoms with Gasteiger partial charge in [0.15, 0.2) is 0 Å². The van der Waals surface area contributed by atoms with Gasteiger partial charge in [-0.05, 0) is 35.7 Å². The molecule has 0 aliphatic heterocycles. The maximum atomic E-state index is 5.62. The van der Waals surface area contributed by atoms with Crippen molar-refractivity contribution in [2.24, 2.45) is 5.92 Å². The molecule has 0 aliphatic rings. The highest BCUT2D eigenvalue weighted by Gasteiger charge is 2.11. The Morgan fingerprint density at radius 3 is 2.56 bits per heavy atom. The van der Waals surface area contributed by atoms with Crippen LogP contribution in [0.3, 0.4) is 0 Å². The normalized spacial score (nSPS) is 11.4. The summed E-state index contributed by atoms with van der Waals surface area (Å²) >= 11 is 3.55. The average molecular weight is 319 g/mol. The van der Waals surface area contributed by atoms with E-state index < -0.39 is 0 Å². The van der Waals surface area contributed by atoms with Crippen molar-refractivity contribution in [3.63, 3.8) is 0 Å². The zero-order chi connectivity index (χ0) is 13.5. The number of aryl methyl sites for hydroxylation is 2. The van der Waals surface area contributed by atoms with Gasteiger partial charge in [0.2, 0.25) is 0 Å². The largest absolute Gasteiger partial charge is 0.379 e. The minimum absolute atomic E-state index is 0.570. The molecular weight excluding hydrogens is 296 g/mol. The predicted molar refractivity (Wildman–Crippen MR) is 75.7 cm³/mol. The number of nitrogens with zero attached hydrogens (tertiary/aromatic N) is 2. The highest BCUT2D eigenvalue weighted by molar-refractivity contribution is 9.10. The first-order valence-electron chi connectivity index (χ1n) is 6.43. The molecule has 0 radical (unpaired) electrons. The summed E-state index contributed by atoms with van der Waals surface area (Å²) in [5, 5.41) is 4.43. The number of halogens is 1. The predicted octanol–water partition coefficient (Wildman–Crippen LogP) is 3.16. The van der Waals surface area contributed by atoms with Gasteiger partial charge in [-0.15, -0.1) is 0 Å². The maximum Gasteiger partial charge on any atom is 0.0897 e. The summed E-state index contributed by atoms with van der Waals surface area (Å²) in [6.45, 7) is 11.8. The minimum Gasteiger partial charge on any atom is -0.379 e. The van der Waals surface area contributed by atoms with Gasteiger partial charge in [-0.25, -0.2) is 0 Å². The van der Waals surface area contributed by atoms with E-state index in [1.54, 1.807) is 0 Å². The summed E-state index contributed by atoms with van der Waals surface area (Å²) in [5.74, 6) is 0.573. The third-order valence-electron chi connectivity index (χ3n) is 2.51. The first kappa shape index (κ1) is 15.7. The molecule has 18 heavy (non-hydrogen) atoms. The Balaban J connectivity index is 2.31. The van der Waals surface area contributed by atoms with Crippen LogP contribution in [0, 0.1) is 12.8 Å². The van der Waals surface area contributed by atoms with Gasteiger partial charge in [-0.1, -0.05) is 13.8 Å². The van der Waals surface area contributed by atoms with Crippen LogP contribution in [-0.2, 0) is 22.6 Å². The van der Waals surface area contributed by atoms with Gasteiger partial charge < -0.3 is 9.47 Å². The van der Waals surface area contributed by atoms with Crippen LogP contribution in [0.15, 0.2) is 4.47 Å². The molecule has 5 heteroatoms. The van der Waals surface area contributed by atoms with Crippen LogP contribution < -0.4 is 0 Å². The molecule has 0 bridgehead atoms. The monoisotopic (exact) mass is 318 g/mol. The fraction of sp³-hybridized carbons (Fsp3) is 0.769. The Bertz CT molecular complexity index is 364. The van der Waals surface area contributed by atoms with Gasteiger partial charge in [0.25, 0.3) is 0 Å². The van der Waals surface area contributed by atoms with Crippen molar-refractivity contribution >= 4 is 15.9 Å². The second-order valence-electron chi connectivity index (χ2n) is 4.68. The molecule has 1 rings (SSSR count). The molecule has 1 aromatic heterocycles. The molecule has 0 saturated carbocycles. The Labute approximate surface area is 118 Å². The lowest BCUT2D eigenvalue weighted by Gasteiger charge is -2.09. The standard InChI is InChI=1S/C13H23BrN2O2/c1-5-16-12(13(14)11(4)15-16)9-18-7-6-17-8-10(2)3/h10H,5-9H2,1-4H3. The summed E-state index contributed by atoms with van der Waals surface area (Å²) in [5.41, 5.74) is 2.10. The van der Waals surface area contributed by atoms with Crippen molar-refractivity contribution < 1.29 is 9.47 Å². The fourth-order valence-corrected chi connectivity index (χ4v) is 2.01. The zero-order valence-electron chi connectivity index (χ0n) is 11.7. The zero-order valence-corrected chi connectivity index (χ0v) is 13.3. The van der Waals surface area contributed by atoms with E-state index in [2.05, 4.69) is 41.8 Å². The Hall–Kier alpha value is -0.390. The Morgan fingerprint density at radius 1 is 1.28 bits per heavy atom. The van der Waals surface area contributed by atoms with E-state index >= 15 is 0 Å². The lowest BCUT2D eigenvalue weighted by molar-refractivity contribution is 0.0293. The van der Waals surface area contributed by atoms with Gasteiger partial charge in [-0.3, -0.25) is 4.68 Å². The molecule has 1 aromatic rings. The summed E-state index contributed by atoms with van der Waals surface area (Å²) in [4.78, 5) is 0. The van der Waals surface area contributed by atoms with Crippen molar-refractivity contribution in [3.8, 4) is 0 Å². The number of ether oxygens (including phenoxy) is 2. The topological polar surface area (TPSA) is 36.3 Å². The van der Waals surface area contributed by atoms with E-state index in [0.29, 0.717) is 25.7 Å². The third kappa shape index (κ3) is 4.71. The molecule has 0 atom stereocenters. The van der Waals surface area contributed by atoms with E-state index in [-0.39, 0.29) is 0 Å². The summed E-state index contributed by atoms with van der Waals surface area (Å²) in [7, 11) is 0. The van der Waals surface area contributed by atoms with Crippen molar-refractivity contribution in [3.05, 3.63) is 15.9 Å². The number of rotatable bonds is 8. The first-order valence-corrected chi connectivity index (χ1v) is 7.22. The van der Waals surface area contributed by atoms with Crippen LogP contribution in [0.2, 0.25) is 0 Å². The number of hydrogen-bond acceptors (Lipinski definition) is 3. The molecule has 0 saturated heterocycles. The van der Waals surface area contributed by atoms with Gasteiger partial charge in [0.05, 0.1) is 35.7 Å². The smallest absolute Gasteiger partial charge is 0.0897 e. The molecule has 0 aliphatic carbocycles. The summed E-state index contributed by atoms with van der Waals surface area (Å²) in [6.07, 6.45) is 0. The molecule has 1 heterocycles. The van der Waals surface area contributed by atoms with E-state index in [4.69, 9.17) is 9.47 Å². The van der Waals surface area contributed by atoms with Crippen LogP contribution in [0.1, 0.15) is 32.2 Å². The average Bonchev–Trinajstić information content (AvgIpc) is 2.60. The summed E-state index contributed by atoms with van der Waals surface area (Å²) in [6, 6.07) is 0. The highest BCUT2D eigenvalue weighted by Crippen LogP contribution is 2.21. The quantitative estimate of drug-likeness (QED) is 0.691. The molecular formula is C13H23BrN2O2. The molecule has 104 valence electrons. The number of aromatic nitrogens is 2. The van der Waals surface area contributed by atoms with Gasteiger partial charge in [-0.2, -0.15) is 5.10 Å². The third-order valence-corrected chi connectivity index (χ3v) is 3.55. The summed E-state index contributed by atoms with van der Waals surface area (Å²) < 4.78 is 14.1. The Kier molecular flexibility index (Phi) is 6.89. The maximum absolute atomic E-state index is 5.62. The minimum atomic E-state index is 0.570. The van der Waals surface area contributed by atoms with Crippen LogP contribution in [0.25, 0.3) is 0 Å². The van der Waals surface area contributed by atoms with Crippen molar-refractivity contribution in [2.75, 3.05) is 19.8 Å². The highest BCUT2D eigenvalue weighted by atomic mass is 79.9. The second-order valence-corrected chi connectivity index (χ2v) is 5.48. The molecule has 0 fully saturated rings. The van der Waals surface area contributed by atoms with Gasteiger partial charge >= 0.3 is 0 Å².